The van der Waals surface area contributed by atoms with Crippen LogP contribution in [0.25, 0.3) is 5.69 Å². The lowest BCUT2D eigenvalue weighted by Crippen LogP contribution is -2.41. The maximum absolute atomic E-state index is 12.3. The molecule has 9 heteroatoms. The molecule has 1 amide bonds. The van der Waals surface area contributed by atoms with Crippen LogP contribution in [0.2, 0.25) is 0 Å². The number of nitro groups is 1. The van der Waals surface area contributed by atoms with Crippen LogP contribution in [-0.4, -0.2) is 37.7 Å². The number of benzene rings is 1. The summed E-state index contributed by atoms with van der Waals surface area (Å²) in [4.78, 5) is 33.9. The smallest absolute Gasteiger partial charge is 0.326 e. The standard InChI is InChI=1S/C18H22N4O5/c1-18(2,3)10-8-15(17(24)25)19-16(23)14-9-11-21(20-14)12-4-6-13(7-5-12)22(26)27/h4-7,9,11,15H,8,10H2,1-3H3,(H,19,23)(H,24,25). The van der Waals surface area contributed by atoms with Crippen molar-refractivity contribution in [1.82, 2.24) is 15.1 Å². The van der Waals surface area contributed by atoms with Crippen molar-refractivity contribution in [2.24, 2.45) is 5.41 Å². The summed E-state index contributed by atoms with van der Waals surface area (Å²) in [5.74, 6) is -1.68. The fourth-order valence-corrected chi connectivity index (χ4v) is 2.38. The van der Waals surface area contributed by atoms with E-state index in [1.54, 1.807) is 0 Å². The van der Waals surface area contributed by atoms with Crippen molar-refractivity contribution in [1.29, 1.82) is 0 Å². The van der Waals surface area contributed by atoms with Crippen LogP contribution in [0, 0.1) is 15.5 Å². The van der Waals surface area contributed by atoms with Crippen molar-refractivity contribution in [3.63, 3.8) is 0 Å². The van der Waals surface area contributed by atoms with Gasteiger partial charge in [0.1, 0.15) is 6.04 Å². The molecule has 0 spiro atoms. The second-order valence-electron chi connectivity index (χ2n) is 7.38. The van der Waals surface area contributed by atoms with Crippen molar-refractivity contribution in [3.05, 3.63) is 52.3 Å². The fraction of sp³-hybridized carbons (Fsp3) is 0.389. The van der Waals surface area contributed by atoms with E-state index in [9.17, 15) is 24.8 Å². The lowest BCUT2D eigenvalue weighted by atomic mass is 9.88. The molecule has 0 aliphatic rings. The number of aromatic nitrogens is 2. The molecule has 0 saturated heterocycles. The minimum atomic E-state index is -1.09. The molecule has 0 aliphatic carbocycles. The topological polar surface area (TPSA) is 127 Å². The number of nitro benzene ring substituents is 1. The van der Waals surface area contributed by atoms with E-state index in [0.29, 0.717) is 18.5 Å². The van der Waals surface area contributed by atoms with Gasteiger partial charge in [-0.15, -0.1) is 0 Å². The van der Waals surface area contributed by atoms with E-state index in [1.165, 1.54) is 41.2 Å². The molecule has 0 radical (unpaired) electrons. The van der Waals surface area contributed by atoms with Gasteiger partial charge in [-0.3, -0.25) is 14.9 Å². The van der Waals surface area contributed by atoms with Gasteiger partial charge in [-0.1, -0.05) is 20.8 Å². The van der Waals surface area contributed by atoms with Crippen LogP contribution in [0.1, 0.15) is 44.1 Å². The summed E-state index contributed by atoms with van der Waals surface area (Å²) in [6, 6.07) is 6.15. The van der Waals surface area contributed by atoms with Crippen LogP contribution in [0.5, 0.6) is 0 Å². The molecule has 2 N–H and O–H groups in total. The fourth-order valence-electron chi connectivity index (χ4n) is 2.38. The molecule has 27 heavy (non-hydrogen) atoms. The Hall–Kier alpha value is -3.23. The number of carbonyl (C=O) groups is 2. The molecule has 1 atom stereocenters. The quantitative estimate of drug-likeness (QED) is 0.566. The summed E-state index contributed by atoms with van der Waals surface area (Å²) in [7, 11) is 0. The lowest BCUT2D eigenvalue weighted by Gasteiger charge is -2.21. The van der Waals surface area contributed by atoms with E-state index in [-0.39, 0.29) is 16.8 Å². The zero-order valence-corrected chi connectivity index (χ0v) is 15.4. The van der Waals surface area contributed by atoms with Crippen LogP contribution in [0.3, 0.4) is 0 Å². The summed E-state index contributed by atoms with van der Waals surface area (Å²) in [6.07, 6.45) is 2.48. The average Bonchev–Trinajstić information content (AvgIpc) is 3.07. The van der Waals surface area contributed by atoms with E-state index >= 15 is 0 Å². The number of carbonyl (C=O) groups excluding carboxylic acids is 1. The number of amides is 1. The highest BCUT2D eigenvalue weighted by Crippen LogP contribution is 2.22. The van der Waals surface area contributed by atoms with Crippen LogP contribution in [-0.2, 0) is 4.79 Å². The van der Waals surface area contributed by atoms with E-state index < -0.39 is 22.8 Å². The SMILES string of the molecule is CC(C)(C)CCC(NC(=O)c1ccn(-c2ccc([N+](=O)[O-])cc2)n1)C(=O)O. The maximum atomic E-state index is 12.3. The number of nitrogens with one attached hydrogen (secondary N) is 1. The van der Waals surface area contributed by atoms with Gasteiger partial charge in [0.25, 0.3) is 11.6 Å². The number of nitrogens with zero attached hydrogens (tertiary/aromatic N) is 3. The molecule has 144 valence electrons. The third-order valence-corrected chi connectivity index (χ3v) is 3.93. The first-order valence-corrected chi connectivity index (χ1v) is 8.41. The van der Waals surface area contributed by atoms with E-state index in [1.807, 2.05) is 20.8 Å². The summed E-state index contributed by atoms with van der Waals surface area (Å²) in [5.41, 5.74) is 0.514. The number of aliphatic carboxylic acids is 1. The van der Waals surface area contributed by atoms with Crippen LogP contribution < -0.4 is 5.32 Å². The summed E-state index contributed by atoms with van der Waals surface area (Å²) < 4.78 is 1.39. The van der Waals surface area contributed by atoms with Gasteiger partial charge in [-0.2, -0.15) is 5.10 Å². The second kappa shape index (κ2) is 7.98. The van der Waals surface area contributed by atoms with Crippen molar-refractivity contribution < 1.29 is 19.6 Å². The summed E-state index contributed by atoms with van der Waals surface area (Å²) in [6.45, 7) is 6.00. The van der Waals surface area contributed by atoms with Crippen molar-refractivity contribution in [3.8, 4) is 5.69 Å². The molecular weight excluding hydrogens is 352 g/mol. The highest BCUT2D eigenvalue weighted by atomic mass is 16.6. The monoisotopic (exact) mass is 374 g/mol. The number of carboxylic acid groups (broad SMARTS) is 1. The minimum absolute atomic E-state index is 0.0457. The summed E-state index contributed by atoms with van der Waals surface area (Å²) in [5, 5.41) is 26.6. The Morgan fingerprint density at radius 1 is 1.26 bits per heavy atom. The zero-order valence-electron chi connectivity index (χ0n) is 15.4. The van der Waals surface area contributed by atoms with Gasteiger partial charge in [0, 0.05) is 18.3 Å². The number of carboxylic acids is 1. The highest BCUT2D eigenvalue weighted by molar-refractivity contribution is 5.94. The number of hydrogen-bond donors (Lipinski definition) is 2. The predicted molar refractivity (Wildman–Crippen MR) is 97.8 cm³/mol. The highest BCUT2D eigenvalue weighted by Gasteiger charge is 2.24. The Labute approximate surface area is 156 Å². The van der Waals surface area contributed by atoms with E-state index in [0.717, 1.165) is 0 Å². The first-order chi connectivity index (χ1) is 12.6. The van der Waals surface area contributed by atoms with Crippen LogP contribution in [0.4, 0.5) is 5.69 Å². The average molecular weight is 374 g/mol. The number of hydrogen-bond acceptors (Lipinski definition) is 5. The van der Waals surface area contributed by atoms with Gasteiger partial charge in [-0.05, 0) is 36.5 Å². The maximum Gasteiger partial charge on any atom is 0.326 e. The van der Waals surface area contributed by atoms with Crippen molar-refractivity contribution in [2.75, 3.05) is 0 Å². The Bertz CT molecular complexity index is 836. The van der Waals surface area contributed by atoms with Gasteiger partial charge < -0.3 is 10.4 Å². The van der Waals surface area contributed by atoms with Crippen LogP contribution >= 0.6 is 0 Å². The third kappa shape index (κ3) is 5.63. The van der Waals surface area contributed by atoms with Gasteiger partial charge in [-0.25, -0.2) is 9.48 Å². The molecule has 1 heterocycles. The molecular formula is C18H22N4O5. The van der Waals surface area contributed by atoms with Gasteiger partial charge in [0.15, 0.2) is 5.69 Å². The Morgan fingerprint density at radius 3 is 2.41 bits per heavy atom. The molecule has 0 aliphatic heterocycles. The minimum Gasteiger partial charge on any atom is -0.480 e. The zero-order chi connectivity index (χ0) is 20.2. The Morgan fingerprint density at radius 2 is 1.89 bits per heavy atom. The van der Waals surface area contributed by atoms with E-state index in [2.05, 4.69) is 10.4 Å². The molecule has 1 aromatic heterocycles. The van der Waals surface area contributed by atoms with Crippen molar-refractivity contribution >= 4 is 17.6 Å². The molecule has 0 fully saturated rings. The molecule has 2 aromatic rings. The Balaban J connectivity index is 2.08. The first kappa shape index (κ1) is 20.1. The Kier molecular flexibility index (Phi) is 5.94. The molecule has 0 saturated carbocycles. The van der Waals surface area contributed by atoms with Gasteiger partial charge in [0.2, 0.25) is 0 Å². The normalized spacial score (nSPS) is 12.4. The first-order valence-electron chi connectivity index (χ1n) is 8.41. The summed E-state index contributed by atoms with van der Waals surface area (Å²) >= 11 is 0. The van der Waals surface area contributed by atoms with Crippen molar-refractivity contribution in [2.45, 2.75) is 39.7 Å². The third-order valence-electron chi connectivity index (χ3n) is 3.93. The second-order valence-corrected chi connectivity index (χ2v) is 7.38. The number of rotatable bonds is 7. The molecule has 2 rings (SSSR count). The lowest BCUT2D eigenvalue weighted by molar-refractivity contribution is -0.384. The van der Waals surface area contributed by atoms with E-state index in [4.69, 9.17) is 0 Å². The predicted octanol–water partition coefficient (Wildman–Crippen LogP) is 2.79. The number of non-ortho nitro benzene ring substituents is 1. The van der Waals surface area contributed by atoms with Gasteiger partial charge in [0.05, 0.1) is 10.6 Å². The van der Waals surface area contributed by atoms with Crippen LogP contribution in [0.15, 0.2) is 36.5 Å². The molecule has 1 aromatic carbocycles. The van der Waals surface area contributed by atoms with Gasteiger partial charge >= 0.3 is 5.97 Å². The molecule has 9 nitrogen and oxygen atoms in total. The molecule has 1 unspecified atom stereocenters. The largest absolute Gasteiger partial charge is 0.480 e. The molecule has 0 bridgehead atoms.